The second kappa shape index (κ2) is 6.03. The minimum atomic E-state index is -0.922. The van der Waals surface area contributed by atoms with Crippen LogP contribution in [0.3, 0.4) is 0 Å². The molecule has 15 heavy (non-hydrogen) atoms. The van der Waals surface area contributed by atoms with Gasteiger partial charge in [0.15, 0.2) is 0 Å². The SMILES string of the molecule is CCNC(C)C(C)S(=O)c1ccccc1. The highest BCUT2D eigenvalue weighted by molar-refractivity contribution is 7.85. The maximum atomic E-state index is 12.1. The first-order chi connectivity index (χ1) is 7.16. The van der Waals surface area contributed by atoms with Crippen molar-refractivity contribution in [2.75, 3.05) is 6.54 Å². The van der Waals surface area contributed by atoms with Crippen molar-refractivity contribution in [3.05, 3.63) is 30.3 Å². The Balaban J connectivity index is 2.69. The summed E-state index contributed by atoms with van der Waals surface area (Å²) in [5.41, 5.74) is 0. The Kier molecular flexibility index (Phi) is 4.99. The third-order valence-corrected chi connectivity index (χ3v) is 4.36. The standard InChI is InChI=1S/C12H19NOS/c1-4-13-10(2)11(3)15(14)12-8-6-5-7-9-12/h5-11,13H,4H2,1-3H3. The molecule has 0 bridgehead atoms. The Labute approximate surface area is 94.5 Å². The summed E-state index contributed by atoms with van der Waals surface area (Å²) in [7, 11) is -0.922. The van der Waals surface area contributed by atoms with E-state index in [-0.39, 0.29) is 11.3 Å². The maximum Gasteiger partial charge on any atom is 0.0573 e. The molecular formula is C12H19NOS. The van der Waals surface area contributed by atoms with Gasteiger partial charge in [0.1, 0.15) is 0 Å². The molecule has 1 aromatic carbocycles. The molecule has 0 aliphatic rings. The van der Waals surface area contributed by atoms with Crippen LogP contribution in [-0.4, -0.2) is 22.0 Å². The number of hydrogen-bond donors (Lipinski definition) is 1. The Hall–Kier alpha value is -0.670. The van der Waals surface area contributed by atoms with E-state index in [9.17, 15) is 4.21 Å². The first-order valence-corrected chi connectivity index (χ1v) is 6.57. The van der Waals surface area contributed by atoms with E-state index >= 15 is 0 Å². The van der Waals surface area contributed by atoms with E-state index in [0.29, 0.717) is 0 Å². The molecule has 1 N–H and O–H groups in total. The van der Waals surface area contributed by atoms with E-state index in [4.69, 9.17) is 0 Å². The lowest BCUT2D eigenvalue weighted by Gasteiger charge is -2.20. The average Bonchev–Trinajstić information content (AvgIpc) is 2.28. The van der Waals surface area contributed by atoms with Crippen LogP contribution in [0.2, 0.25) is 0 Å². The van der Waals surface area contributed by atoms with Crippen molar-refractivity contribution in [1.82, 2.24) is 5.32 Å². The molecule has 0 radical (unpaired) electrons. The predicted octanol–water partition coefficient (Wildman–Crippen LogP) is 2.18. The molecule has 1 aromatic rings. The van der Waals surface area contributed by atoms with E-state index in [1.165, 1.54) is 0 Å². The largest absolute Gasteiger partial charge is 0.313 e. The van der Waals surface area contributed by atoms with Gasteiger partial charge in [0.25, 0.3) is 0 Å². The van der Waals surface area contributed by atoms with Gasteiger partial charge in [-0.2, -0.15) is 0 Å². The Bertz CT molecular complexity index is 313. The zero-order valence-electron chi connectivity index (χ0n) is 9.57. The lowest BCUT2D eigenvalue weighted by atomic mass is 10.2. The van der Waals surface area contributed by atoms with Crippen LogP contribution in [0.5, 0.6) is 0 Å². The molecule has 1 rings (SSSR count). The summed E-state index contributed by atoms with van der Waals surface area (Å²) in [5, 5.41) is 3.43. The fraction of sp³-hybridized carbons (Fsp3) is 0.500. The Morgan fingerprint density at radius 1 is 1.27 bits per heavy atom. The first kappa shape index (κ1) is 12.4. The summed E-state index contributed by atoms with van der Waals surface area (Å²) in [6.45, 7) is 7.08. The number of rotatable bonds is 5. The fourth-order valence-electron chi connectivity index (χ4n) is 1.44. The van der Waals surface area contributed by atoms with Crippen LogP contribution in [0, 0.1) is 0 Å². The quantitative estimate of drug-likeness (QED) is 0.832. The predicted molar refractivity (Wildman–Crippen MR) is 65.5 cm³/mol. The van der Waals surface area contributed by atoms with Crippen molar-refractivity contribution >= 4 is 10.8 Å². The average molecular weight is 225 g/mol. The van der Waals surface area contributed by atoms with Crippen LogP contribution < -0.4 is 5.32 Å². The third kappa shape index (κ3) is 3.43. The maximum absolute atomic E-state index is 12.1. The van der Waals surface area contributed by atoms with Gasteiger partial charge in [-0.25, -0.2) is 0 Å². The molecule has 0 aromatic heterocycles. The number of benzene rings is 1. The van der Waals surface area contributed by atoms with E-state index in [1.54, 1.807) is 0 Å². The lowest BCUT2D eigenvalue weighted by molar-refractivity contribution is 0.550. The van der Waals surface area contributed by atoms with Gasteiger partial charge in [-0.05, 0) is 32.5 Å². The second-order valence-corrected chi connectivity index (χ2v) is 5.47. The van der Waals surface area contributed by atoms with Gasteiger partial charge >= 0.3 is 0 Å². The molecule has 3 atom stereocenters. The first-order valence-electron chi connectivity index (χ1n) is 5.35. The van der Waals surface area contributed by atoms with Gasteiger partial charge in [0.2, 0.25) is 0 Å². The monoisotopic (exact) mass is 225 g/mol. The molecule has 0 saturated carbocycles. The van der Waals surface area contributed by atoms with Crippen LogP contribution in [0.1, 0.15) is 20.8 Å². The van der Waals surface area contributed by atoms with E-state index in [2.05, 4.69) is 19.2 Å². The molecule has 84 valence electrons. The zero-order chi connectivity index (χ0) is 11.3. The summed E-state index contributed by atoms with van der Waals surface area (Å²) in [6.07, 6.45) is 0. The zero-order valence-corrected chi connectivity index (χ0v) is 10.4. The van der Waals surface area contributed by atoms with Crippen molar-refractivity contribution in [1.29, 1.82) is 0 Å². The molecule has 0 spiro atoms. The molecule has 0 heterocycles. The highest BCUT2D eigenvalue weighted by atomic mass is 32.2. The van der Waals surface area contributed by atoms with Crippen molar-refractivity contribution in [3.63, 3.8) is 0 Å². The van der Waals surface area contributed by atoms with Gasteiger partial charge in [-0.3, -0.25) is 4.21 Å². The minimum Gasteiger partial charge on any atom is -0.313 e. The van der Waals surface area contributed by atoms with Crippen LogP contribution in [-0.2, 0) is 10.8 Å². The number of hydrogen-bond acceptors (Lipinski definition) is 2. The lowest BCUT2D eigenvalue weighted by Crippen LogP contribution is -2.37. The Morgan fingerprint density at radius 3 is 2.40 bits per heavy atom. The molecule has 0 fully saturated rings. The molecule has 0 amide bonds. The minimum absolute atomic E-state index is 0.132. The van der Waals surface area contributed by atoms with Crippen molar-refractivity contribution in [2.24, 2.45) is 0 Å². The Morgan fingerprint density at radius 2 is 1.87 bits per heavy atom. The second-order valence-electron chi connectivity index (χ2n) is 3.66. The van der Waals surface area contributed by atoms with Crippen LogP contribution in [0.15, 0.2) is 35.2 Å². The summed E-state index contributed by atoms with van der Waals surface area (Å²) >= 11 is 0. The van der Waals surface area contributed by atoms with Crippen molar-refractivity contribution < 1.29 is 4.21 Å². The third-order valence-electron chi connectivity index (χ3n) is 2.54. The van der Waals surface area contributed by atoms with Gasteiger partial charge < -0.3 is 5.32 Å². The summed E-state index contributed by atoms with van der Waals surface area (Å²) in [4.78, 5) is 0.912. The molecular weight excluding hydrogens is 206 g/mol. The topological polar surface area (TPSA) is 29.1 Å². The molecule has 0 aliphatic carbocycles. The highest BCUT2D eigenvalue weighted by Gasteiger charge is 2.18. The molecule has 3 heteroatoms. The normalized spacial score (nSPS) is 17.0. The molecule has 0 aliphatic heterocycles. The highest BCUT2D eigenvalue weighted by Crippen LogP contribution is 2.13. The van der Waals surface area contributed by atoms with Gasteiger partial charge in [-0.1, -0.05) is 25.1 Å². The van der Waals surface area contributed by atoms with Gasteiger partial charge in [-0.15, -0.1) is 0 Å². The van der Waals surface area contributed by atoms with Gasteiger partial charge in [0, 0.05) is 10.9 Å². The van der Waals surface area contributed by atoms with E-state index in [0.717, 1.165) is 11.4 Å². The summed E-state index contributed by atoms with van der Waals surface area (Å²) in [5.74, 6) is 0. The van der Waals surface area contributed by atoms with E-state index < -0.39 is 10.8 Å². The smallest absolute Gasteiger partial charge is 0.0573 e. The van der Waals surface area contributed by atoms with Crippen molar-refractivity contribution in [3.8, 4) is 0 Å². The van der Waals surface area contributed by atoms with Crippen LogP contribution >= 0.6 is 0 Å². The van der Waals surface area contributed by atoms with Crippen molar-refractivity contribution in [2.45, 2.75) is 37.0 Å². The summed E-state index contributed by atoms with van der Waals surface area (Å²) < 4.78 is 12.1. The molecule has 3 unspecified atom stereocenters. The van der Waals surface area contributed by atoms with Crippen LogP contribution in [0.25, 0.3) is 0 Å². The molecule has 0 saturated heterocycles. The van der Waals surface area contributed by atoms with Gasteiger partial charge in [0.05, 0.1) is 16.0 Å². The fourth-order valence-corrected chi connectivity index (χ4v) is 2.76. The van der Waals surface area contributed by atoms with Crippen LogP contribution in [0.4, 0.5) is 0 Å². The van der Waals surface area contributed by atoms with E-state index in [1.807, 2.05) is 37.3 Å². The molecule has 2 nitrogen and oxygen atoms in total. The summed E-state index contributed by atoms with van der Waals surface area (Å²) in [6, 6.07) is 9.92. The number of nitrogens with one attached hydrogen (secondary N) is 1.